The molecule has 6 nitrogen and oxygen atoms in total. The molecule has 0 atom stereocenters. The molecule has 5 rings (SSSR count). The molecule has 0 amide bonds. The van der Waals surface area contributed by atoms with Crippen molar-refractivity contribution >= 4 is 16.9 Å². The normalized spacial score (nSPS) is 11.2. The molecule has 6 heteroatoms. The number of rotatable bonds is 6. The lowest BCUT2D eigenvalue weighted by atomic mass is 10.0. The molecule has 1 aliphatic heterocycles. The zero-order chi connectivity index (χ0) is 23.1. The zero-order valence-corrected chi connectivity index (χ0v) is 18.7. The minimum atomic E-state index is -0.973. The van der Waals surface area contributed by atoms with Gasteiger partial charge in [-0.15, -0.1) is 0 Å². The molecular weight excluding hydrogens is 416 g/mol. The summed E-state index contributed by atoms with van der Waals surface area (Å²) in [4.78, 5) is 12.7. The highest BCUT2D eigenvalue weighted by atomic mass is 16.5. The maximum atomic E-state index is 12.7. The van der Waals surface area contributed by atoms with Gasteiger partial charge in [0.05, 0.1) is 32.0 Å². The molecule has 0 spiro atoms. The van der Waals surface area contributed by atoms with E-state index < -0.39 is 5.97 Å². The fourth-order valence-corrected chi connectivity index (χ4v) is 4.67. The van der Waals surface area contributed by atoms with Gasteiger partial charge in [0.25, 0.3) is 0 Å². The van der Waals surface area contributed by atoms with Gasteiger partial charge in [0.2, 0.25) is 0 Å². The molecule has 166 valence electrons. The summed E-state index contributed by atoms with van der Waals surface area (Å²) < 4.78 is 14.8. The van der Waals surface area contributed by atoms with Gasteiger partial charge in [-0.3, -0.25) is 0 Å². The summed E-state index contributed by atoms with van der Waals surface area (Å²) in [5.41, 5.74) is 5.63. The zero-order valence-electron chi connectivity index (χ0n) is 18.7. The van der Waals surface area contributed by atoms with Crippen LogP contribution in [0, 0.1) is 0 Å². The van der Waals surface area contributed by atoms with Gasteiger partial charge in [-0.2, -0.15) is 0 Å². The Kier molecular flexibility index (Phi) is 5.05. The lowest BCUT2D eigenvalue weighted by molar-refractivity contribution is 0.0687. The Morgan fingerprint density at radius 1 is 0.939 bits per heavy atom. The second-order valence-electron chi connectivity index (χ2n) is 7.98. The van der Waals surface area contributed by atoms with Crippen molar-refractivity contribution < 1.29 is 19.4 Å². The molecular formula is C27H24N2O4. The number of methoxy groups -OCH3 is 2. The first-order valence-corrected chi connectivity index (χ1v) is 10.6. The summed E-state index contributed by atoms with van der Waals surface area (Å²) in [6, 6.07) is 21.4. The largest absolute Gasteiger partial charge is 0.497 e. The van der Waals surface area contributed by atoms with Crippen LogP contribution in [0.4, 0.5) is 0 Å². The van der Waals surface area contributed by atoms with E-state index in [9.17, 15) is 9.90 Å². The van der Waals surface area contributed by atoms with E-state index in [0.717, 1.165) is 44.8 Å². The Labute approximate surface area is 191 Å². The highest BCUT2D eigenvalue weighted by Crippen LogP contribution is 2.44. The van der Waals surface area contributed by atoms with Crippen molar-refractivity contribution in [3.63, 3.8) is 0 Å². The van der Waals surface area contributed by atoms with Crippen LogP contribution in [-0.4, -0.2) is 34.4 Å². The summed E-state index contributed by atoms with van der Waals surface area (Å²) >= 11 is 0. The number of aromatic nitrogens is 2. The topological polar surface area (TPSA) is 65.6 Å². The van der Waals surface area contributed by atoms with Crippen molar-refractivity contribution in [3.05, 3.63) is 84.2 Å². The molecule has 3 aromatic rings. The number of ether oxygens (including phenoxy) is 2. The molecule has 2 aromatic carbocycles. The van der Waals surface area contributed by atoms with Crippen LogP contribution < -0.4 is 9.47 Å². The Hall–Kier alpha value is -4.19. The lowest BCUT2D eigenvalue weighted by Gasteiger charge is -2.13. The number of aryl methyl sites for hydroxylation is 1. The smallest absolute Gasteiger partial charge is 0.353 e. The second-order valence-corrected chi connectivity index (χ2v) is 7.98. The van der Waals surface area contributed by atoms with Gasteiger partial charge in [0.1, 0.15) is 17.2 Å². The number of fused-ring (bicyclic) bond motifs is 3. The third-order valence-corrected chi connectivity index (χ3v) is 6.15. The van der Waals surface area contributed by atoms with Crippen LogP contribution in [0.2, 0.25) is 0 Å². The van der Waals surface area contributed by atoms with Crippen LogP contribution in [0.3, 0.4) is 0 Å². The number of benzene rings is 2. The summed E-state index contributed by atoms with van der Waals surface area (Å²) in [6.45, 7) is 0.373. The maximum absolute atomic E-state index is 12.7. The predicted molar refractivity (Wildman–Crippen MR) is 129 cm³/mol. The number of hydrogen-bond acceptors (Lipinski definition) is 3. The van der Waals surface area contributed by atoms with Crippen molar-refractivity contribution in [2.45, 2.75) is 6.54 Å². The van der Waals surface area contributed by atoms with E-state index in [1.54, 1.807) is 14.2 Å². The molecule has 2 aliphatic rings. The van der Waals surface area contributed by atoms with Crippen LogP contribution in [0.5, 0.6) is 11.5 Å². The van der Waals surface area contributed by atoms with Gasteiger partial charge >= 0.3 is 5.97 Å². The van der Waals surface area contributed by atoms with Crippen molar-refractivity contribution in [2.75, 3.05) is 14.2 Å². The van der Waals surface area contributed by atoms with Gasteiger partial charge in [0.15, 0.2) is 0 Å². The van der Waals surface area contributed by atoms with Gasteiger partial charge in [0, 0.05) is 35.3 Å². The molecule has 0 saturated heterocycles. The minimum Gasteiger partial charge on any atom is -0.497 e. The van der Waals surface area contributed by atoms with Crippen LogP contribution >= 0.6 is 0 Å². The molecule has 1 N–H and O–H groups in total. The molecule has 0 fully saturated rings. The van der Waals surface area contributed by atoms with E-state index in [0.29, 0.717) is 12.1 Å². The standard InChI is InChI=1S/C27H24N2O4/c1-28-14-6-8-18-15-21-24(25(18)28)23(17-10-12-20(32-2)13-11-17)26(27(30)31)29(21)16-19-7-4-5-9-22(19)33-3/h4-15H,16H2,1-3H3,(H,30,31). The number of carbonyl (C=O) groups is 1. The fraction of sp³-hybridized carbons (Fsp3) is 0.148. The highest BCUT2D eigenvalue weighted by molar-refractivity contribution is 6.15. The maximum Gasteiger partial charge on any atom is 0.353 e. The molecule has 1 aliphatic carbocycles. The molecule has 0 saturated carbocycles. The van der Waals surface area contributed by atoms with Crippen molar-refractivity contribution in [1.29, 1.82) is 0 Å². The van der Waals surface area contributed by atoms with E-state index in [-0.39, 0.29) is 5.69 Å². The SMILES string of the molecule is COc1ccc(-c2c(C(=O)O)n(Cc3ccccc3OC)c3cc4cccn(C)c-4c23)cc1. The number of aromatic carboxylic acids is 1. The lowest BCUT2D eigenvalue weighted by Crippen LogP contribution is -2.11. The van der Waals surface area contributed by atoms with Gasteiger partial charge in [-0.05, 0) is 35.9 Å². The molecule has 33 heavy (non-hydrogen) atoms. The third kappa shape index (κ3) is 3.31. The quantitative estimate of drug-likeness (QED) is 0.378. The number of carboxylic acid groups (broad SMARTS) is 1. The summed E-state index contributed by atoms with van der Waals surface area (Å²) in [6.07, 6.45) is 1.98. The van der Waals surface area contributed by atoms with Gasteiger partial charge < -0.3 is 23.7 Å². The van der Waals surface area contributed by atoms with Gasteiger partial charge in [-0.25, -0.2) is 4.79 Å². The molecule has 2 heterocycles. The average molecular weight is 440 g/mol. The molecule has 0 unspecified atom stereocenters. The second kappa shape index (κ2) is 8.06. The van der Waals surface area contributed by atoms with Crippen LogP contribution in [0.25, 0.3) is 33.3 Å². The Morgan fingerprint density at radius 3 is 2.39 bits per heavy atom. The van der Waals surface area contributed by atoms with Crippen LogP contribution in [0.1, 0.15) is 16.1 Å². The summed E-state index contributed by atoms with van der Waals surface area (Å²) in [5.74, 6) is 0.472. The summed E-state index contributed by atoms with van der Waals surface area (Å²) in [7, 11) is 5.23. The van der Waals surface area contributed by atoms with E-state index >= 15 is 0 Å². The first-order chi connectivity index (χ1) is 16.0. The summed E-state index contributed by atoms with van der Waals surface area (Å²) in [5, 5.41) is 11.3. The van der Waals surface area contributed by atoms with Crippen LogP contribution in [-0.2, 0) is 13.6 Å². The van der Waals surface area contributed by atoms with E-state index in [4.69, 9.17) is 9.47 Å². The molecule has 1 aromatic heterocycles. The van der Waals surface area contributed by atoms with Crippen molar-refractivity contribution in [3.8, 4) is 33.9 Å². The Morgan fingerprint density at radius 2 is 1.70 bits per heavy atom. The van der Waals surface area contributed by atoms with Gasteiger partial charge in [-0.1, -0.05) is 36.4 Å². The Balaban J connectivity index is 1.87. The minimum absolute atomic E-state index is 0.252. The van der Waals surface area contributed by atoms with Crippen molar-refractivity contribution in [2.24, 2.45) is 7.05 Å². The third-order valence-electron chi connectivity index (χ3n) is 6.15. The average Bonchev–Trinajstić information content (AvgIpc) is 3.35. The number of hydrogen-bond donors (Lipinski definition) is 1. The fourth-order valence-electron chi connectivity index (χ4n) is 4.67. The highest BCUT2D eigenvalue weighted by Gasteiger charge is 2.29. The van der Waals surface area contributed by atoms with E-state index in [2.05, 4.69) is 12.1 Å². The molecule has 0 radical (unpaired) electrons. The van der Waals surface area contributed by atoms with E-state index in [1.807, 2.05) is 77.0 Å². The number of pyridine rings is 1. The first kappa shape index (κ1) is 20.7. The predicted octanol–water partition coefficient (Wildman–Crippen LogP) is 5.52. The van der Waals surface area contributed by atoms with E-state index in [1.165, 1.54) is 0 Å². The Bertz CT molecular complexity index is 1440. The number of nitrogens with zero attached hydrogens (tertiary/aromatic N) is 2. The van der Waals surface area contributed by atoms with Crippen LogP contribution in [0.15, 0.2) is 72.9 Å². The number of para-hydroxylation sites is 1. The first-order valence-electron chi connectivity index (χ1n) is 10.6. The van der Waals surface area contributed by atoms with Crippen molar-refractivity contribution in [1.82, 2.24) is 9.13 Å². The number of carboxylic acids is 1. The monoisotopic (exact) mass is 440 g/mol. The molecule has 0 bridgehead atoms.